The second kappa shape index (κ2) is 7.79. The van der Waals surface area contributed by atoms with Crippen LogP contribution in [0.25, 0.3) is 0 Å². The van der Waals surface area contributed by atoms with Crippen LogP contribution in [0.15, 0.2) is 59.8 Å². The summed E-state index contributed by atoms with van der Waals surface area (Å²) in [5.41, 5.74) is 0.717. The van der Waals surface area contributed by atoms with Crippen molar-refractivity contribution in [3.63, 3.8) is 0 Å². The Morgan fingerprint density at radius 3 is 2.56 bits per heavy atom. The number of tetrazole rings is 1. The second-order valence-electron chi connectivity index (χ2n) is 6.33. The summed E-state index contributed by atoms with van der Waals surface area (Å²) in [6.45, 7) is 1.85. The fourth-order valence-electron chi connectivity index (χ4n) is 2.50. The van der Waals surface area contributed by atoms with E-state index in [0.717, 1.165) is 24.3 Å². The van der Waals surface area contributed by atoms with Gasteiger partial charge in [0.15, 0.2) is 0 Å². The minimum Gasteiger partial charge on any atom is -0.457 e. The Balaban J connectivity index is 1.34. The molecule has 1 amide bonds. The van der Waals surface area contributed by atoms with Crippen molar-refractivity contribution in [2.24, 2.45) is 0 Å². The number of nitrogens with zero attached hydrogens (tertiary/aromatic N) is 4. The third-order valence-corrected chi connectivity index (χ3v) is 5.15. The number of rotatable bonds is 7. The van der Waals surface area contributed by atoms with E-state index < -0.39 is 0 Å². The van der Waals surface area contributed by atoms with Crippen LogP contribution in [-0.4, -0.2) is 31.4 Å². The van der Waals surface area contributed by atoms with Crippen LogP contribution in [0.1, 0.15) is 25.8 Å². The van der Waals surface area contributed by atoms with Gasteiger partial charge in [0, 0.05) is 5.69 Å². The standard InChI is InChI=1S/C19H19N5O2S/c1-13(27-19-21-22-23-24(19)15-9-10-15)18(25)20-14-7-11-17(12-8-14)26-16-5-3-2-4-6-16/h2-8,11-13,15H,9-10H2,1H3,(H,20,25)/t13-/m0/s1. The molecule has 1 saturated carbocycles. The van der Waals surface area contributed by atoms with Gasteiger partial charge < -0.3 is 10.1 Å². The highest BCUT2D eigenvalue weighted by molar-refractivity contribution is 8.00. The zero-order valence-corrected chi connectivity index (χ0v) is 15.6. The Morgan fingerprint density at radius 1 is 1.15 bits per heavy atom. The molecule has 0 saturated heterocycles. The van der Waals surface area contributed by atoms with Crippen molar-refractivity contribution >= 4 is 23.4 Å². The molecule has 8 heteroatoms. The van der Waals surface area contributed by atoms with Crippen molar-refractivity contribution in [3.8, 4) is 11.5 Å². The lowest BCUT2D eigenvalue weighted by molar-refractivity contribution is -0.115. The van der Waals surface area contributed by atoms with Crippen molar-refractivity contribution in [1.82, 2.24) is 20.2 Å². The molecule has 27 heavy (non-hydrogen) atoms. The molecule has 4 rings (SSSR count). The number of para-hydroxylation sites is 1. The summed E-state index contributed by atoms with van der Waals surface area (Å²) in [5.74, 6) is 1.39. The maximum Gasteiger partial charge on any atom is 0.237 e. The maximum atomic E-state index is 12.5. The Labute approximate surface area is 161 Å². The van der Waals surface area contributed by atoms with E-state index in [2.05, 4.69) is 20.8 Å². The molecule has 3 aromatic rings. The lowest BCUT2D eigenvalue weighted by atomic mass is 10.3. The fourth-order valence-corrected chi connectivity index (χ4v) is 3.36. The van der Waals surface area contributed by atoms with E-state index in [1.54, 1.807) is 0 Å². The van der Waals surface area contributed by atoms with Gasteiger partial charge in [0.25, 0.3) is 0 Å². The number of benzene rings is 2. The average Bonchev–Trinajstić information content (AvgIpc) is 3.43. The Morgan fingerprint density at radius 2 is 1.85 bits per heavy atom. The molecule has 2 aromatic carbocycles. The summed E-state index contributed by atoms with van der Waals surface area (Å²) >= 11 is 1.37. The number of hydrogen-bond donors (Lipinski definition) is 1. The van der Waals surface area contributed by atoms with E-state index in [-0.39, 0.29) is 11.2 Å². The number of carbonyl (C=O) groups is 1. The molecule has 0 spiro atoms. The second-order valence-corrected chi connectivity index (χ2v) is 7.63. The van der Waals surface area contributed by atoms with Crippen molar-refractivity contribution in [2.45, 2.75) is 36.2 Å². The van der Waals surface area contributed by atoms with Crippen LogP contribution in [0.5, 0.6) is 11.5 Å². The van der Waals surface area contributed by atoms with E-state index in [4.69, 9.17) is 4.74 Å². The van der Waals surface area contributed by atoms with Gasteiger partial charge in [0.1, 0.15) is 11.5 Å². The molecule has 138 valence electrons. The monoisotopic (exact) mass is 381 g/mol. The highest BCUT2D eigenvalue weighted by Crippen LogP contribution is 2.37. The number of anilines is 1. The van der Waals surface area contributed by atoms with Crippen molar-refractivity contribution < 1.29 is 9.53 Å². The number of nitrogens with one attached hydrogen (secondary N) is 1. The third kappa shape index (κ3) is 4.46. The summed E-state index contributed by atoms with van der Waals surface area (Å²) in [5, 5.41) is 15.0. The lowest BCUT2D eigenvalue weighted by Crippen LogP contribution is -2.22. The summed E-state index contributed by atoms with van der Waals surface area (Å²) in [6.07, 6.45) is 2.19. The van der Waals surface area contributed by atoms with Crippen molar-refractivity contribution in [2.75, 3.05) is 5.32 Å². The van der Waals surface area contributed by atoms with Gasteiger partial charge in [-0.15, -0.1) is 5.10 Å². The van der Waals surface area contributed by atoms with E-state index in [1.807, 2.05) is 66.2 Å². The maximum absolute atomic E-state index is 12.5. The average molecular weight is 381 g/mol. The summed E-state index contributed by atoms with van der Waals surface area (Å²) in [7, 11) is 0. The molecule has 7 nitrogen and oxygen atoms in total. The minimum absolute atomic E-state index is 0.0953. The van der Waals surface area contributed by atoms with Gasteiger partial charge in [0.05, 0.1) is 11.3 Å². The highest BCUT2D eigenvalue weighted by Gasteiger charge is 2.29. The molecule has 1 heterocycles. The Bertz CT molecular complexity index is 909. The first-order chi connectivity index (χ1) is 13.2. The third-order valence-electron chi connectivity index (χ3n) is 4.11. The molecule has 1 aliphatic carbocycles. The highest BCUT2D eigenvalue weighted by atomic mass is 32.2. The zero-order valence-electron chi connectivity index (χ0n) is 14.8. The largest absolute Gasteiger partial charge is 0.457 e. The molecule has 0 aliphatic heterocycles. The number of ether oxygens (including phenoxy) is 1. The lowest BCUT2D eigenvalue weighted by Gasteiger charge is -2.12. The van der Waals surface area contributed by atoms with Crippen LogP contribution < -0.4 is 10.1 Å². The number of hydrogen-bond acceptors (Lipinski definition) is 6. The first-order valence-corrected chi connectivity index (χ1v) is 9.65. The molecular formula is C19H19N5O2S. The molecule has 1 aromatic heterocycles. The van der Waals surface area contributed by atoms with Gasteiger partial charge in [-0.25, -0.2) is 4.68 Å². The summed E-state index contributed by atoms with van der Waals surface area (Å²) in [6, 6.07) is 17.2. The Kier molecular flexibility index (Phi) is 5.06. The van der Waals surface area contributed by atoms with E-state index in [1.165, 1.54) is 11.8 Å². The number of carbonyl (C=O) groups excluding carboxylic acids is 1. The normalized spacial score (nSPS) is 14.6. The first-order valence-electron chi connectivity index (χ1n) is 8.77. The quantitative estimate of drug-likeness (QED) is 0.625. The predicted molar refractivity (Wildman–Crippen MR) is 103 cm³/mol. The van der Waals surface area contributed by atoms with Gasteiger partial charge in [-0.2, -0.15) is 0 Å². The molecule has 1 aliphatic rings. The fraction of sp³-hybridized carbons (Fsp3) is 0.263. The molecule has 1 atom stereocenters. The van der Waals surface area contributed by atoms with Crippen LogP contribution in [-0.2, 0) is 4.79 Å². The first kappa shape index (κ1) is 17.5. The van der Waals surface area contributed by atoms with Crippen molar-refractivity contribution in [3.05, 3.63) is 54.6 Å². The van der Waals surface area contributed by atoms with E-state index >= 15 is 0 Å². The van der Waals surface area contributed by atoms with Gasteiger partial charge in [-0.05, 0) is 66.6 Å². The molecule has 0 unspecified atom stereocenters. The molecule has 1 N–H and O–H groups in total. The van der Waals surface area contributed by atoms with Crippen LogP contribution >= 0.6 is 11.8 Å². The van der Waals surface area contributed by atoms with Gasteiger partial charge in [0.2, 0.25) is 11.1 Å². The van der Waals surface area contributed by atoms with E-state index in [9.17, 15) is 4.79 Å². The summed E-state index contributed by atoms with van der Waals surface area (Å²) < 4.78 is 7.57. The van der Waals surface area contributed by atoms with E-state index in [0.29, 0.717) is 16.9 Å². The Hall–Kier alpha value is -2.87. The van der Waals surface area contributed by atoms with Crippen LogP contribution in [0, 0.1) is 0 Å². The molecule has 0 radical (unpaired) electrons. The van der Waals surface area contributed by atoms with Gasteiger partial charge in [-0.1, -0.05) is 30.0 Å². The number of thioether (sulfide) groups is 1. The molecule has 0 bridgehead atoms. The van der Waals surface area contributed by atoms with Crippen LogP contribution in [0.3, 0.4) is 0 Å². The zero-order chi connectivity index (χ0) is 18.6. The predicted octanol–water partition coefficient (Wildman–Crippen LogP) is 3.92. The number of amides is 1. The molecular weight excluding hydrogens is 362 g/mol. The smallest absolute Gasteiger partial charge is 0.237 e. The summed E-state index contributed by atoms with van der Waals surface area (Å²) in [4.78, 5) is 12.5. The van der Waals surface area contributed by atoms with Gasteiger partial charge >= 0.3 is 0 Å². The SMILES string of the molecule is C[C@H](Sc1nnnn1C1CC1)C(=O)Nc1ccc(Oc2ccccc2)cc1. The molecule has 1 fully saturated rings. The van der Waals surface area contributed by atoms with Crippen molar-refractivity contribution in [1.29, 1.82) is 0 Å². The van der Waals surface area contributed by atoms with Crippen LogP contribution in [0.2, 0.25) is 0 Å². The minimum atomic E-state index is -0.311. The van der Waals surface area contributed by atoms with Crippen LogP contribution in [0.4, 0.5) is 5.69 Å². The topological polar surface area (TPSA) is 81.9 Å². The van der Waals surface area contributed by atoms with Gasteiger partial charge in [-0.3, -0.25) is 4.79 Å². The number of aromatic nitrogens is 4.